The van der Waals surface area contributed by atoms with Gasteiger partial charge in [-0.3, -0.25) is 9.48 Å². The van der Waals surface area contributed by atoms with E-state index >= 15 is 0 Å². The van der Waals surface area contributed by atoms with Gasteiger partial charge in [0.1, 0.15) is 5.75 Å². The van der Waals surface area contributed by atoms with Crippen molar-refractivity contribution in [3.05, 3.63) is 77.6 Å². The molecule has 0 aliphatic heterocycles. The Kier molecular flexibility index (Phi) is 5.26. The van der Waals surface area contributed by atoms with Crippen LogP contribution in [0.4, 0.5) is 14.5 Å². The summed E-state index contributed by atoms with van der Waals surface area (Å²) >= 11 is 0. The first-order chi connectivity index (χ1) is 12.5. The Morgan fingerprint density at radius 1 is 1.23 bits per heavy atom. The predicted molar refractivity (Wildman–Crippen MR) is 93.5 cm³/mol. The van der Waals surface area contributed by atoms with Crippen molar-refractivity contribution in [1.82, 2.24) is 9.78 Å². The molecule has 3 aromatic rings. The van der Waals surface area contributed by atoms with Crippen molar-refractivity contribution in [2.75, 3.05) is 5.32 Å². The topological polar surface area (TPSA) is 56.2 Å². The number of alkyl halides is 2. The van der Waals surface area contributed by atoms with Crippen molar-refractivity contribution in [3.8, 4) is 5.75 Å². The normalized spacial score (nSPS) is 10.8. The first-order valence-corrected chi connectivity index (χ1v) is 7.94. The van der Waals surface area contributed by atoms with Gasteiger partial charge >= 0.3 is 6.61 Å². The second-order valence-corrected chi connectivity index (χ2v) is 5.74. The molecule has 7 heteroatoms. The minimum absolute atomic E-state index is 0.0271. The number of rotatable bonds is 6. The number of carbonyl (C=O) groups excluding carboxylic acids is 1. The fraction of sp³-hybridized carbons (Fsp3) is 0.158. The molecule has 0 spiro atoms. The van der Waals surface area contributed by atoms with Gasteiger partial charge < -0.3 is 10.1 Å². The van der Waals surface area contributed by atoms with E-state index in [0.29, 0.717) is 12.2 Å². The molecule has 0 atom stereocenters. The third-order valence-corrected chi connectivity index (χ3v) is 3.67. The monoisotopic (exact) mass is 357 g/mol. The van der Waals surface area contributed by atoms with E-state index in [1.54, 1.807) is 16.9 Å². The SMILES string of the molecule is Cc1cccc(Cn2cc(NC(=O)c3ccccc3OC(F)F)cn2)c1. The van der Waals surface area contributed by atoms with Crippen molar-refractivity contribution in [2.24, 2.45) is 0 Å². The Bertz CT molecular complexity index is 909. The largest absolute Gasteiger partial charge is 0.434 e. The van der Waals surface area contributed by atoms with Crippen LogP contribution in [0.15, 0.2) is 60.9 Å². The summed E-state index contributed by atoms with van der Waals surface area (Å²) in [5.41, 5.74) is 2.73. The lowest BCUT2D eigenvalue weighted by molar-refractivity contribution is -0.0501. The highest BCUT2D eigenvalue weighted by molar-refractivity contribution is 6.06. The predicted octanol–water partition coefficient (Wildman–Crippen LogP) is 4.09. The van der Waals surface area contributed by atoms with Crippen LogP contribution in [0.3, 0.4) is 0 Å². The second kappa shape index (κ2) is 7.77. The van der Waals surface area contributed by atoms with Gasteiger partial charge in [0.15, 0.2) is 0 Å². The summed E-state index contributed by atoms with van der Waals surface area (Å²) in [6, 6.07) is 13.9. The van der Waals surface area contributed by atoms with Crippen LogP contribution in [0, 0.1) is 6.92 Å². The molecule has 0 fully saturated rings. The van der Waals surface area contributed by atoms with Gasteiger partial charge in [0, 0.05) is 6.20 Å². The molecule has 2 aromatic carbocycles. The van der Waals surface area contributed by atoms with Gasteiger partial charge in [-0.25, -0.2) is 0 Å². The Hall–Kier alpha value is -3.22. The maximum absolute atomic E-state index is 12.5. The van der Waals surface area contributed by atoms with E-state index in [4.69, 9.17) is 0 Å². The van der Waals surface area contributed by atoms with Gasteiger partial charge in [0.25, 0.3) is 5.91 Å². The van der Waals surface area contributed by atoms with Crippen molar-refractivity contribution < 1.29 is 18.3 Å². The van der Waals surface area contributed by atoms with Crippen LogP contribution in [-0.2, 0) is 6.54 Å². The number of para-hydroxylation sites is 1. The molecule has 134 valence electrons. The molecule has 0 unspecified atom stereocenters. The van der Waals surface area contributed by atoms with Crippen LogP contribution in [-0.4, -0.2) is 22.3 Å². The van der Waals surface area contributed by atoms with E-state index in [1.165, 1.54) is 24.4 Å². The summed E-state index contributed by atoms with van der Waals surface area (Å²) in [6.45, 7) is -0.430. The molecule has 26 heavy (non-hydrogen) atoms. The average Bonchev–Trinajstić information content (AvgIpc) is 3.01. The maximum atomic E-state index is 12.5. The first kappa shape index (κ1) is 17.6. The van der Waals surface area contributed by atoms with Crippen LogP contribution in [0.1, 0.15) is 21.5 Å². The number of aryl methyl sites for hydroxylation is 1. The molecule has 0 bridgehead atoms. The van der Waals surface area contributed by atoms with Gasteiger partial charge in [0.05, 0.1) is 24.0 Å². The Balaban J connectivity index is 1.70. The summed E-state index contributed by atoms with van der Waals surface area (Å²) in [4.78, 5) is 12.4. The van der Waals surface area contributed by atoms with Crippen LogP contribution < -0.4 is 10.1 Å². The fourth-order valence-electron chi connectivity index (χ4n) is 2.56. The van der Waals surface area contributed by atoms with Crippen molar-refractivity contribution in [3.63, 3.8) is 0 Å². The molecule has 5 nitrogen and oxygen atoms in total. The number of nitrogens with one attached hydrogen (secondary N) is 1. The van der Waals surface area contributed by atoms with Gasteiger partial charge in [0.2, 0.25) is 0 Å². The van der Waals surface area contributed by atoms with E-state index in [2.05, 4.69) is 21.2 Å². The first-order valence-electron chi connectivity index (χ1n) is 7.94. The lowest BCUT2D eigenvalue weighted by Crippen LogP contribution is -2.14. The number of ether oxygens (including phenoxy) is 1. The third kappa shape index (κ3) is 4.44. The number of carbonyl (C=O) groups is 1. The average molecular weight is 357 g/mol. The minimum Gasteiger partial charge on any atom is -0.434 e. The Morgan fingerprint density at radius 3 is 2.81 bits per heavy atom. The van der Waals surface area contributed by atoms with Crippen LogP contribution >= 0.6 is 0 Å². The molecular formula is C19H17F2N3O2. The van der Waals surface area contributed by atoms with E-state index in [1.807, 2.05) is 25.1 Å². The molecule has 0 aliphatic rings. The lowest BCUT2D eigenvalue weighted by Gasteiger charge is -2.09. The number of benzene rings is 2. The summed E-state index contributed by atoms with van der Waals surface area (Å²) in [6.07, 6.45) is 3.18. The number of aromatic nitrogens is 2. The van der Waals surface area contributed by atoms with Crippen LogP contribution in [0.2, 0.25) is 0 Å². The molecule has 1 heterocycles. The number of anilines is 1. The molecule has 0 aliphatic carbocycles. The highest BCUT2D eigenvalue weighted by Crippen LogP contribution is 2.21. The molecule has 1 N–H and O–H groups in total. The van der Waals surface area contributed by atoms with Crippen LogP contribution in [0.5, 0.6) is 5.75 Å². The van der Waals surface area contributed by atoms with Crippen molar-refractivity contribution in [1.29, 1.82) is 0 Å². The summed E-state index contributed by atoms with van der Waals surface area (Å²) in [7, 11) is 0. The lowest BCUT2D eigenvalue weighted by atomic mass is 10.1. The molecule has 0 radical (unpaired) electrons. The van der Waals surface area contributed by atoms with E-state index in [-0.39, 0.29) is 11.3 Å². The molecule has 3 rings (SSSR count). The zero-order valence-corrected chi connectivity index (χ0v) is 14.0. The quantitative estimate of drug-likeness (QED) is 0.723. The van der Waals surface area contributed by atoms with Gasteiger partial charge in [-0.2, -0.15) is 13.9 Å². The van der Waals surface area contributed by atoms with Crippen molar-refractivity contribution in [2.45, 2.75) is 20.1 Å². The Morgan fingerprint density at radius 2 is 2.04 bits per heavy atom. The number of hydrogen-bond acceptors (Lipinski definition) is 3. The van der Waals surface area contributed by atoms with E-state index < -0.39 is 12.5 Å². The number of nitrogens with zero attached hydrogens (tertiary/aromatic N) is 2. The van der Waals surface area contributed by atoms with E-state index in [9.17, 15) is 13.6 Å². The summed E-state index contributed by atoms with van der Waals surface area (Å²) in [5, 5.41) is 6.85. The zero-order chi connectivity index (χ0) is 18.5. The smallest absolute Gasteiger partial charge is 0.387 e. The highest BCUT2D eigenvalue weighted by Gasteiger charge is 2.16. The third-order valence-electron chi connectivity index (χ3n) is 3.67. The minimum atomic E-state index is -3.00. The van der Waals surface area contributed by atoms with Gasteiger partial charge in [-0.15, -0.1) is 0 Å². The van der Waals surface area contributed by atoms with Crippen molar-refractivity contribution >= 4 is 11.6 Å². The number of hydrogen-bond donors (Lipinski definition) is 1. The summed E-state index contributed by atoms with van der Waals surface area (Å²) < 4.78 is 31.0. The molecule has 0 saturated heterocycles. The molecule has 0 saturated carbocycles. The standard InChI is InChI=1S/C19H17F2N3O2/c1-13-5-4-6-14(9-13)11-24-12-15(10-22-24)23-18(25)16-7-2-3-8-17(16)26-19(20)21/h2-10,12,19H,11H2,1H3,(H,23,25). The second-order valence-electron chi connectivity index (χ2n) is 5.74. The van der Waals surface area contributed by atoms with Crippen LogP contribution in [0.25, 0.3) is 0 Å². The number of amides is 1. The number of halogens is 2. The zero-order valence-electron chi connectivity index (χ0n) is 14.0. The van der Waals surface area contributed by atoms with Gasteiger partial charge in [-0.1, -0.05) is 42.0 Å². The van der Waals surface area contributed by atoms with E-state index in [0.717, 1.165) is 11.1 Å². The molecular weight excluding hydrogens is 340 g/mol. The molecule has 1 aromatic heterocycles. The van der Waals surface area contributed by atoms with Gasteiger partial charge in [-0.05, 0) is 24.6 Å². The highest BCUT2D eigenvalue weighted by atomic mass is 19.3. The molecule has 1 amide bonds. The summed E-state index contributed by atoms with van der Waals surface area (Å²) in [5.74, 6) is -0.719. The Labute approximate surface area is 149 Å². The fourth-order valence-corrected chi connectivity index (χ4v) is 2.56. The maximum Gasteiger partial charge on any atom is 0.387 e.